The van der Waals surface area contributed by atoms with Crippen molar-refractivity contribution in [2.24, 2.45) is 0 Å². The fourth-order valence-electron chi connectivity index (χ4n) is 2.52. The summed E-state index contributed by atoms with van der Waals surface area (Å²) in [4.78, 5) is 27.6. The maximum atomic E-state index is 13.0. The number of hydrogen-bond donors (Lipinski definition) is 1. The van der Waals surface area contributed by atoms with Gasteiger partial charge in [-0.3, -0.25) is 9.69 Å². The highest BCUT2D eigenvalue weighted by molar-refractivity contribution is 6.13. The average Bonchev–Trinajstić information content (AvgIpc) is 2.85. The van der Waals surface area contributed by atoms with E-state index in [2.05, 4.69) is 5.32 Å². The van der Waals surface area contributed by atoms with Gasteiger partial charge < -0.3 is 10.2 Å². The van der Waals surface area contributed by atoms with Crippen molar-refractivity contribution in [3.05, 3.63) is 71.2 Å². The monoisotopic (exact) mass is 339 g/mol. The van der Waals surface area contributed by atoms with Crippen LogP contribution in [0.3, 0.4) is 0 Å². The summed E-state index contributed by atoms with van der Waals surface area (Å²) in [5, 5.41) is 2.59. The molecule has 0 aromatic heterocycles. The topological polar surface area (TPSA) is 52.7 Å². The molecule has 0 unspecified atom stereocenters. The Hall–Kier alpha value is -3.15. The van der Waals surface area contributed by atoms with Crippen molar-refractivity contribution in [3.63, 3.8) is 0 Å². The van der Waals surface area contributed by atoms with Crippen molar-refractivity contribution in [1.29, 1.82) is 0 Å². The van der Waals surface area contributed by atoms with E-state index < -0.39 is 11.9 Å². The van der Waals surface area contributed by atoms with Crippen LogP contribution in [0.5, 0.6) is 0 Å². The molecular formula is C19H18FN3O2. The maximum absolute atomic E-state index is 13.0. The minimum absolute atomic E-state index is 0.0991. The summed E-state index contributed by atoms with van der Waals surface area (Å²) in [5.41, 5.74) is 2.77. The molecule has 0 bridgehead atoms. The number of nitrogens with one attached hydrogen (secondary N) is 1. The van der Waals surface area contributed by atoms with Crippen molar-refractivity contribution < 1.29 is 14.0 Å². The molecule has 1 fully saturated rings. The molecule has 3 rings (SSSR count). The molecule has 1 aliphatic rings. The van der Waals surface area contributed by atoms with E-state index in [1.165, 1.54) is 12.1 Å². The molecular weight excluding hydrogens is 321 g/mol. The Morgan fingerprint density at radius 3 is 2.28 bits per heavy atom. The zero-order valence-electron chi connectivity index (χ0n) is 14.0. The van der Waals surface area contributed by atoms with Gasteiger partial charge in [0.25, 0.3) is 5.91 Å². The Labute approximate surface area is 145 Å². The first-order valence-electron chi connectivity index (χ1n) is 7.80. The fraction of sp³-hybridized carbons (Fsp3) is 0.158. The first-order chi connectivity index (χ1) is 11.9. The molecule has 6 heteroatoms. The van der Waals surface area contributed by atoms with E-state index in [-0.39, 0.29) is 18.1 Å². The van der Waals surface area contributed by atoms with Crippen molar-refractivity contribution in [2.45, 2.75) is 6.54 Å². The summed E-state index contributed by atoms with van der Waals surface area (Å²) in [6.07, 6.45) is 1.64. The van der Waals surface area contributed by atoms with Crippen LogP contribution in [0.2, 0.25) is 0 Å². The Morgan fingerprint density at radius 2 is 1.68 bits per heavy atom. The zero-order chi connectivity index (χ0) is 18.0. The van der Waals surface area contributed by atoms with Gasteiger partial charge >= 0.3 is 6.03 Å². The third-order valence-electron chi connectivity index (χ3n) is 3.94. The number of carbonyl (C=O) groups is 2. The molecule has 0 aliphatic carbocycles. The highest BCUT2D eigenvalue weighted by Gasteiger charge is 2.33. The Balaban J connectivity index is 1.77. The molecule has 1 aliphatic heterocycles. The molecule has 2 aromatic rings. The number of carbonyl (C=O) groups excluding carboxylic acids is 2. The summed E-state index contributed by atoms with van der Waals surface area (Å²) in [6.45, 7) is 0.0991. The highest BCUT2D eigenvalue weighted by atomic mass is 19.1. The lowest BCUT2D eigenvalue weighted by Crippen LogP contribution is -2.30. The predicted molar refractivity (Wildman–Crippen MR) is 94.2 cm³/mol. The minimum atomic E-state index is -0.481. The van der Waals surface area contributed by atoms with Gasteiger partial charge in [0.2, 0.25) is 0 Å². The third-order valence-corrected chi connectivity index (χ3v) is 3.94. The number of amides is 3. The van der Waals surface area contributed by atoms with Crippen molar-refractivity contribution in [3.8, 4) is 0 Å². The second-order valence-electron chi connectivity index (χ2n) is 5.99. The van der Waals surface area contributed by atoms with E-state index in [4.69, 9.17) is 0 Å². The third kappa shape index (κ3) is 3.68. The number of benzene rings is 2. The number of nitrogens with zero attached hydrogens (tertiary/aromatic N) is 2. The van der Waals surface area contributed by atoms with Gasteiger partial charge in [0, 0.05) is 19.8 Å². The molecule has 25 heavy (non-hydrogen) atoms. The molecule has 128 valence electrons. The molecule has 1 N–H and O–H groups in total. The van der Waals surface area contributed by atoms with Crippen LogP contribution in [-0.2, 0) is 11.3 Å². The van der Waals surface area contributed by atoms with Gasteiger partial charge in [-0.1, -0.05) is 24.3 Å². The van der Waals surface area contributed by atoms with Crippen LogP contribution in [0.15, 0.2) is 54.2 Å². The number of halogens is 1. The zero-order valence-corrected chi connectivity index (χ0v) is 14.0. The Bertz CT molecular complexity index is 827. The second-order valence-corrected chi connectivity index (χ2v) is 5.99. The summed E-state index contributed by atoms with van der Waals surface area (Å²) in [7, 11) is 3.89. The standard InChI is InChI=1S/C19H18FN3O2/c1-22(2)16-9-5-13(6-10-16)11-17-18(24)23(19(25)21-17)12-14-3-7-15(20)8-4-14/h3-11H,12H2,1-2H3,(H,21,25)/b17-11+. The van der Waals surface area contributed by atoms with E-state index in [0.29, 0.717) is 5.56 Å². The fourth-order valence-corrected chi connectivity index (χ4v) is 2.52. The normalized spacial score (nSPS) is 15.6. The number of rotatable bonds is 4. The number of imide groups is 1. The lowest BCUT2D eigenvalue weighted by Gasteiger charge is -2.12. The summed E-state index contributed by atoms with van der Waals surface area (Å²) in [6, 6.07) is 12.9. The van der Waals surface area contributed by atoms with Crippen LogP contribution in [0.1, 0.15) is 11.1 Å². The first kappa shape index (κ1) is 16.7. The van der Waals surface area contributed by atoms with Gasteiger partial charge in [0.15, 0.2) is 0 Å². The summed E-state index contributed by atoms with van der Waals surface area (Å²) in [5.74, 6) is -0.756. The van der Waals surface area contributed by atoms with Gasteiger partial charge in [0.05, 0.1) is 6.54 Å². The van der Waals surface area contributed by atoms with Crippen molar-refractivity contribution in [1.82, 2.24) is 10.2 Å². The highest BCUT2D eigenvalue weighted by Crippen LogP contribution is 2.19. The van der Waals surface area contributed by atoms with E-state index in [1.54, 1.807) is 18.2 Å². The Morgan fingerprint density at radius 1 is 1.04 bits per heavy atom. The van der Waals surface area contributed by atoms with Gasteiger partial charge in [-0.2, -0.15) is 0 Å². The number of urea groups is 1. The van der Waals surface area contributed by atoms with Crippen LogP contribution >= 0.6 is 0 Å². The largest absolute Gasteiger partial charge is 0.378 e. The smallest absolute Gasteiger partial charge is 0.329 e. The first-order valence-corrected chi connectivity index (χ1v) is 7.80. The number of anilines is 1. The second kappa shape index (κ2) is 6.76. The van der Waals surface area contributed by atoms with Crippen LogP contribution in [0.4, 0.5) is 14.9 Å². The minimum Gasteiger partial charge on any atom is -0.378 e. The quantitative estimate of drug-likeness (QED) is 0.688. The van der Waals surface area contributed by atoms with Crippen LogP contribution in [0.25, 0.3) is 6.08 Å². The van der Waals surface area contributed by atoms with E-state index in [1.807, 2.05) is 43.3 Å². The van der Waals surface area contributed by atoms with Crippen LogP contribution in [0, 0.1) is 5.82 Å². The molecule has 0 saturated carbocycles. The molecule has 1 saturated heterocycles. The average molecular weight is 339 g/mol. The lowest BCUT2D eigenvalue weighted by molar-refractivity contribution is -0.123. The summed E-state index contributed by atoms with van der Waals surface area (Å²) >= 11 is 0. The Kier molecular flexibility index (Phi) is 4.52. The molecule has 3 amide bonds. The molecule has 1 heterocycles. The van der Waals surface area contributed by atoms with Crippen LogP contribution in [-0.4, -0.2) is 30.9 Å². The molecule has 0 atom stereocenters. The molecule has 0 radical (unpaired) electrons. The molecule has 0 spiro atoms. The van der Waals surface area contributed by atoms with Gasteiger partial charge in [-0.15, -0.1) is 0 Å². The molecule has 2 aromatic carbocycles. The van der Waals surface area contributed by atoms with Gasteiger partial charge in [-0.05, 0) is 41.5 Å². The van der Waals surface area contributed by atoms with E-state index >= 15 is 0 Å². The van der Waals surface area contributed by atoms with Gasteiger partial charge in [-0.25, -0.2) is 9.18 Å². The predicted octanol–water partition coefficient (Wildman–Crippen LogP) is 2.98. The SMILES string of the molecule is CN(C)c1ccc(/C=C2/NC(=O)N(Cc3ccc(F)cc3)C2=O)cc1. The van der Waals surface area contributed by atoms with Crippen molar-refractivity contribution in [2.75, 3.05) is 19.0 Å². The summed E-state index contributed by atoms with van der Waals surface area (Å²) < 4.78 is 13.0. The molecule has 5 nitrogen and oxygen atoms in total. The van der Waals surface area contributed by atoms with E-state index in [0.717, 1.165) is 16.2 Å². The maximum Gasteiger partial charge on any atom is 0.329 e. The van der Waals surface area contributed by atoms with Crippen LogP contribution < -0.4 is 10.2 Å². The lowest BCUT2D eigenvalue weighted by atomic mass is 10.1. The van der Waals surface area contributed by atoms with Crippen molar-refractivity contribution >= 4 is 23.7 Å². The number of hydrogen-bond acceptors (Lipinski definition) is 3. The van der Waals surface area contributed by atoms with Gasteiger partial charge in [0.1, 0.15) is 11.5 Å². The van der Waals surface area contributed by atoms with E-state index in [9.17, 15) is 14.0 Å².